The van der Waals surface area contributed by atoms with E-state index in [2.05, 4.69) is 5.32 Å². The van der Waals surface area contributed by atoms with Crippen LogP contribution < -0.4 is 10.2 Å². The number of carbonyl (C=O) groups excluding carboxylic acids is 2. The fraction of sp³-hybridized carbons (Fsp3) is 0.417. The maximum absolute atomic E-state index is 13.3. The van der Waals surface area contributed by atoms with Crippen LogP contribution in [0.4, 0.5) is 5.69 Å². The quantitative estimate of drug-likeness (QED) is 0.732. The van der Waals surface area contributed by atoms with Gasteiger partial charge in [0.15, 0.2) is 0 Å². The van der Waals surface area contributed by atoms with Crippen LogP contribution in [0.25, 0.3) is 0 Å². The smallest absolute Gasteiger partial charge is 0.253 e. The first-order valence-corrected chi connectivity index (χ1v) is 10.6. The number of hydrogen-bond acceptors (Lipinski definition) is 5. The molecule has 2 aliphatic heterocycles. The molecule has 2 atom stereocenters. The summed E-state index contributed by atoms with van der Waals surface area (Å²) in [5, 5.41) is 13.0. The van der Waals surface area contributed by atoms with Crippen LogP contribution in [0.2, 0.25) is 0 Å². The van der Waals surface area contributed by atoms with Gasteiger partial charge in [-0.05, 0) is 30.2 Å². The molecule has 0 aliphatic carbocycles. The highest BCUT2D eigenvalue weighted by Crippen LogP contribution is 2.36. The van der Waals surface area contributed by atoms with Gasteiger partial charge >= 0.3 is 0 Å². The Kier molecular flexibility index (Phi) is 5.98. The number of nitrogens with one attached hydrogen (secondary N) is 1. The summed E-state index contributed by atoms with van der Waals surface area (Å²) in [5.41, 5.74) is 1.88. The molecule has 164 valence electrons. The summed E-state index contributed by atoms with van der Waals surface area (Å²) in [6, 6.07) is 16.9. The molecule has 0 saturated carbocycles. The molecule has 2 fully saturated rings. The van der Waals surface area contributed by atoms with Crippen LogP contribution in [-0.4, -0.2) is 74.4 Å². The molecule has 0 spiro atoms. The van der Waals surface area contributed by atoms with Crippen LogP contribution in [0.15, 0.2) is 54.6 Å². The van der Waals surface area contributed by atoms with E-state index in [-0.39, 0.29) is 18.4 Å². The predicted molar refractivity (Wildman–Crippen MR) is 118 cm³/mol. The van der Waals surface area contributed by atoms with Gasteiger partial charge in [-0.2, -0.15) is 0 Å². The summed E-state index contributed by atoms with van der Waals surface area (Å²) < 4.78 is 5.27. The second kappa shape index (κ2) is 8.69. The Morgan fingerprint density at radius 2 is 1.87 bits per heavy atom. The average molecular weight is 424 g/mol. The van der Waals surface area contributed by atoms with Crippen molar-refractivity contribution >= 4 is 17.5 Å². The molecule has 7 nitrogen and oxygen atoms in total. The largest absolute Gasteiger partial charge is 0.388 e. The molecule has 4 rings (SSSR count). The van der Waals surface area contributed by atoms with Crippen molar-refractivity contribution in [2.75, 3.05) is 45.3 Å². The first kappa shape index (κ1) is 21.3. The van der Waals surface area contributed by atoms with Crippen molar-refractivity contribution < 1.29 is 19.4 Å². The second-order valence-electron chi connectivity index (χ2n) is 8.73. The Hall–Kier alpha value is -2.90. The minimum Gasteiger partial charge on any atom is -0.388 e. The van der Waals surface area contributed by atoms with Gasteiger partial charge in [-0.3, -0.25) is 9.59 Å². The summed E-state index contributed by atoms with van der Waals surface area (Å²) >= 11 is 0. The molecule has 2 heterocycles. The Bertz CT molecular complexity index is 941. The van der Waals surface area contributed by atoms with Gasteiger partial charge in [-0.25, -0.2) is 0 Å². The zero-order valence-corrected chi connectivity index (χ0v) is 18.0. The zero-order valence-electron chi connectivity index (χ0n) is 18.0. The number of benzene rings is 2. The third-order valence-corrected chi connectivity index (χ3v) is 6.12. The minimum absolute atomic E-state index is 0.0792. The molecule has 31 heavy (non-hydrogen) atoms. The van der Waals surface area contributed by atoms with E-state index in [1.807, 2.05) is 67.5 Å². The van der Waals surface area contributed by atoms with Crippen molar-refractivity contribution in [3.05, 3.63) is 65.7 Å². The van der Waals surface area contributed by atoms with E-state index in [1.54, 1.807) is 11.0 Å². The number of amides is 2. The summed E-state index contributed by atoms with van der Waals surface area (Å²) in [5.74, 6) is -0.221. The highest BCUT2D eigenvalue weighted by molar-refractivity contribution is 5.97. The van der Waals surface area contributed by atoms with Gasteiger partial charge in [0.2, 0.25) is 5.91 Å². The van der Waals surface area contributed by atoms with Gasteiger partial charge in [0.25, 0.3) is 5.91 Å². The molecule has 2 saturated heterocycles. The van der Waals surface area contributed by atoms with Crippen LogP contribution in [0, 0.1) is 5.41 Å². The van der Waals surface area contributed by atoms with Gasteiger partial charge in [-0.1, -0.05) is 36.4 Å². The summed E-state index contributed by atoms with van der Waals surface area (Å²) in [7, 11) is 3.87. The topological polar surface area (TPSA) is 82.1 Å². The molecule has 2 amide bonds. The lowest BCUT2D eigenvalue weighted by atomic mass is 9.73. The number of anilines is 1. The first-order chi connectivity index (χ1) is 14.9. The van der Waals surface area contributed by atoms with Crippen LogP contribution in [0.5, 0.6) is 0 Å². The number of aliphatic hydroxyl groups excluding tert-OH is 1. The highest BCUT2D eigenvalue weighted by Gasteiger charge is 2.51. The standard InChI is InChI=1S/C24H29N3O4/c1-26(2)19-10-6-9-18(11-19)22(29)27-15-24(16-27,12-17-7-4-3-5-8-17)23(30)25-20-13-31-14-21(20)28/h3-11,20-21,28H,12-16H2,1-2H3,(H,25,30)/t20-,21+/m0/s1. The first-order valence-electron chi connectivity index (χ1n) is 10.6. The average Bonchev–Trinajstić information content (AvgIpc) is 3.15. The molecule has 0 unspecified atom stereocenters. The van der Waals surface area contributed by atoms with Crippen LogP contribution in [0.1, 0.15) is 15.9 Å². The van der Waals surface area contributed by atoms with Crippen molar-refractivity contribution in [2.45, 2.75) is 18.6 Å². The number of carbonyl (C=O) groups is 2. The number of rotatable bonds is 6. The summed E-state index contributed by atoms with van der Waals surface area (Å²) in [4.78, 5) is 30.0. The number of nitrogens with zero attached hydrogens (tertiary/aromatic N) is 2. The normalized spacial score (nSPS) is 22.0. The molecule has 2 aromatic carbocycles. The van der Waals surface area contributed by atoms with E-state index >= 15 is 0 Å². The lowest BCUT2D eigenvalue weighted by Crippen LogP contribution is -2.67. The van der Waals surface area contributed by atoms with Crippen LogP contribution in [-0.2, 0) is 16.0 Å². The maximum atomic E-state index is 13.3. The van der Waals surface area contributed by atoms with Gasteiger partial charge in [0.05, 0.1) is 30.8 Å². The Balaban J connectivity index is 1.51. The van der Waals surface area contributed by atoms with Gasteiger partial charge in [0.1, 0.15) is 0 Å². The molecule has 2 aromatic rings. The lowest BCUT2D eigenvalue weighted by Gasteiger charge is -2.49. The SMILES string of the molecule is CN(C)c1cccc(C(=O)N2CC(Cc3ccccc3)(C(=O)N[C@H]3COC[C@H]3O)C2)c1. The van der Waals surface area contributed by atoms with Gasteiger partial charge in [0, 0.05) is 38.4 Å². The number of ether oxygens (including phenoxy) is 1. The maximum Gasteiger partial charge on any atom is 0.253 e. The van der Waals surface area contributed by atoms with Crippen LogP contribution in [0.3, 0.4) is 0 Å². The third kappa shape index (κ3) is 4.43. The second-order valence-corrected chi connectivity index (χ2v) is 8.73. The van der Waals surface area contributed by atoms with E-state index < -0.39 is 17.6 Å². The van der Waals surface area contributed by atoms with Crippen molar-refractivity contribution in [1.82, 2.24) is 10.2 Å². The van der Waals surface area contributed by atoms with Gasteiger partial charge < -0.3 is 25.0 Å². The molecular formula is C24H29N3O4. The molecule has 0 aromatic heterocycles. The van der Waals surface area contributed by atoms with E-state index in [9.17, 15) is 14.7 Å². The minimum atomic E-state index is -0.724. The van der Waals surface area contributed by atoms with Crippen LogP contribution >= 0.6 is 0 Å². The van der Waals surface area contributed by atoms with Crippen molar-refractivity contribution in [1.29, 1.82) is 0 Å². The number of aliphatic hydroxyl groups is 1. The Labute approximate surface area is 182 Å². The molecular weight excluding hydrogens is 394 g/mol. The lowest BCUT2D eigenvalue weighted by molar-refractivity contribution is -0.140. The highest BCUT2D eigenvalue weighted by atomic mass is 16.5. The van der Waals surface area contributed by atoms with Crippen molar-refractivity contribution in [3.8, 4) is 0 Å². The van der Waals surface area contributed by atoms with E-state index in [0.717, 1.165) is 11.3 Å². The molecule has 2 aliphatic rings. The fourth-order valence-corrected chi connectivity index (χ4v) is 4.25. The van der Waals surface area contributed by atoms with E-state index in [1.165, 1.54) is 0 Å². The summed E-state index contributed by atoms with van der Waals surface area (Å²) in [6.07, 6.45) is -0.172. The third-order valence-electron chi connectivity index (χ3n) is 6.12. The zero-order chi connectivity index (χ0) is 22.0. The van der Waals surface area contributed by atoms with E-state index in [4.69, 9.17) is 4.74 Å². The Morgan fingerprint density at radius 1 is 1.13 bits per heavy atom. The Morgan fingerprint density at radius 3 is 2.52 bits per heavy atom. The number of hydrogen-bond donors (Lipinski definition) is 2. The molecule has 7 heteroatoms. The molecule has 0 radical (unpaired) electrons. The number of likely N-dealkylation sites (tertiary alicyclic amines) is 1. The monoisotopic (exact) mass is 423 g/mol. The van der Waals surface area contributed by atoms with Crippen molar-refractivity contribution in [3.63, 3.8) is 0 Å². The fourth-order valence-electron chi connectivity index (χ4n) is 4.25. The molecule has 2 N–H and O–H groups in total. The predicted octanol–water partition coefficient (Wildman–Crippen LogP) is 1.31. The van der Waals surface area contributed by atoms with Crippen molar-refractivity contribution in [2.24, 2.45) is 5.41 Å². The van der Waals surface area contributed by atoms with E-state index in [0.29, 0.717) is 31.7 Å². The summed E-state index contributed by atoms with van der Waals surface area (Å²) in [6.45, 7) is 1.20. The molecule has 0 bridgehead atoms. The van der Waals surface area contributed by atoms with Gasteiger partial charge in [-0.15, -0.1) is 0 Å².